The monoisotopic (exact) mass is 308 g/mol. The summed E-state index contributed by atoms with van der Waals surface area (Å²) in [7, 11) is 0. The number of aromatic amines is 1. The second-order valence-corrected chi connectivity index (χ2v) is 5.43. The van der Waals surface area contributed by atoms with Gasteiger partial charge in [0.15, 0.2) is 11.6 Å². The molecule has 1 aromatic carbocycles. The molecule has 0 saturated heterocycles. The molecule has 0 saturated carbocycles. The molecular weight excluding hydrogens is 287 g/mol. The van der Waals surface area contributed by atoms with Gasteiger partial charge >= 0.3 is 0 Å². The molecule has 1 heterocycles. The number of aromatic nitrogens is 2. The number of hydrogen-bond donors (Lipinski definition) is 2. The number of rotatable bonds is 5. The van der Waals surface area contributed by atoms with E-state index in [2.05, 4.69) is 5.10 Å². The van der Waals surface area contributed by atoms with Gasteiger partial charge in [0.25, 0.3) is 5.56 Å². The molecule has 1 aromatic heterocycles. The van der Waals surface area contributed by atoms with Crippen molar-refractivity contribution in [2.45, 2.75) is 39.8 Å². The van der Waals surface area contributed by atoms with Gasteiger partial charge < -0.3 is 9.84 Å². The maximum Gasteiger partial charge on any atom is 0.270 e. The van der Waals surface area contributed by atoms with Gasteiger partial charge in [-0.25, -0.2) is 4.39 Å². The van der Waals surface area contributed by atoms with Crippen molar-refractivity contribution in [3.63, 3.8) is 0 Å². The molecule has 2 aromatic rings. The fourth-order valence-electron chi connectivity index (χ4n) is 2.51. The van der Waals surface area contributed by atoms with E-state index in [9.17, 15) is 14.3 Å². The highest BCUT2D eigenvalue weighted by molar-refractivity contribution is 5.36. The standard InChI is InChI=1S/C16H21FN2O3/c1-5-22-13-7-6-11(8-12(13)17)15(20)14-10(4)19(9(2)3)18-16(14)21/h6-9,15,20H,5H2,1-4H3,(H,18,21). The molecular formula is C16H21FN2O3. The van der Waals surface area contributed by atoms with Crippen LogP contribution in [0.2, 0.25) is 0 Å². The lowest BCUT2D eigenvalue weighted by Gasteiger charge is -2.14. The lowest BCUT2D eigenvalue weighted by atomic mass is 10.0. The van der Waals surface area contributed by atoms with Crippen LogP contribution in [0, 0.1) is 12.7 Å². The zero-order valence-corrected chi connectivity index (χ0v) is 13.2. The average molecular weight is 308 g/mol. The van der Waals surface area contributed by atoms with Crippen LogP contribution in [0.15, 0.2) is 23.0 Å². The summed E-state index contributed by atoms with van der Waals surface area (Å²) in [6, 6.07) is 4.28. The second-order valence-electron chi connectivity index (χ2n) is 5.43. The molecule has 6 heteroatoms. The van der Waals surface area contributed by atoms with E-state index in [1.54, 1.807) is 24.6 Å². The highest BCUT2D eigenvalue weighted by Crippen LogP contribution is 2.27. The van der Waals surface area contributed by atoms with Gasteiger partial charge in [-0.3, -0.25) is 14.6 Å². The van der Waals surface area contributed by atoms with Crippen LogP contribution >= 0.6 is 0 Å². The molecule has 2 rings (SSSR count). The Kier molecular flexibility index (Phi) is 4.71. The third kappa shape index (κ3) is 2.92. The maximum absolute atomic E-state index is 13.9. The molecule has 0 aliphatic heterocycles. The largest absolute Gasteiger partial charge is 0.491 e. The second kappa shape index (κ2) is 6.36. The van der Waals surface area contributed by atoms with Crippen molar-refractivity contribution < 1.29 is 14.2 Å². The first-order valence-corrected chi connectivity index (χ1v) is 7.28. The quantitative estimate of drug-likeness (QED) is 0.892. The number of ether oxygens (including phenoxy) is 1. The number of H-pyrrole nitrogens is 1. The highest BCUT2D eigenvalue weighted by Gasteiger charge is 2.22. The number of benzene rings is 1. The van der Waals surface area contributed by atoms with Crippen LogP contribution in [0.5, 0.6) is 5.75 Å². The van der Waals surface area contributed by atoms with Crippen LogP contribution < -0.4 is 10.3 Å². The van der Waals surface area contributed by atoms with Crippen LogP contribution in [0.3, 0.4) is 0 Å². The summed E-state index contributed by atoms with van der Waals surface area (Å²) < 4.78 is 20.7. The molecule has 0 bridgehead atoms. The van der Waals surface area contributed by atoms with E-state index in [0.29, 0.717) is 17.9 Å². The van der Waals surface area contributed by atoms with Crippen LogP contribution in [0.1, 0.15) is 49.7 Å². The minimum atomic E-state index is -1.19. The Morgan fingerprint density at radius 1 is 1.41 bits per heavy atom. The molecule has 0 spiro atoms. The van der Waals surface area contributed by atoms with Gasteiger partial charge in [0.2, 0.25) is 0 Å². The highest BCUT2D eigenvalue weighted by atomic mass is 19.1. The number of hydrogen-bond acceptors (Lipinski definition) is 3. The first kappa shape index (κ1) is 16.3. The summed E-state index contributed by atoms with van der Waals surface area (Å²) in [5, 5.41) is 13.1. The Morgan fingerprint density at radius 2 is 2.09 bits per heavy atom. The van der Waals surface area contributed by atoms with Crippen LogP contribution in [-0.4, -0.2) is 21.5 Å². The lowest BCUT2D eigenvalue weighted by molar-refractivity contribution is 0.217. The Morgan fingerprint density at radius 3 is 2.59 bits per heavy atom. The summed E-state index contributed by atoms with van der Waals surface area (Å²) in [5.41, 5.74) is 0.822. The topological polar surface area (TPSA) is 67.2 Å². The van der Waals surface area contributed by atoms with Gasteiger partial charge in [0.05, 0.1) is 12.2 Å². The Balaban J connectivity index is 2.42. The molecule has 5 nitrogen and oxygen atoms in total. The molecule has 120 valence electrons. The minimum Gasteiger partial charge on any atom is -0.491 e. The van der Waals surface area contributed by atoms with E-state index >= 15 is 0 Å². The van der Waals surface area contributed by atoms with Crippen molar-refractivity contribution in [3.05, 3.63) is 51.2 Å². The lowest BCUT2D eigenvalue weighted by Crippen LogP contribution is -2.13. The van der Waals surface area contributed by atoms with E-state index in [1.165, 1.54) is 12.1 Å². The predicted octanol–water partition coefficient (Wildman–Crippen LogP) is 2.69. The number of halogens is 1. The molecule has 1 unspecified atom stereocenters. The van der Waals surface area contributed by atoms with E-state index in [1.807, 2.05) is 13.8 Å². The summed E-state index contributed by atoms with van der Waals surface area (Å²) in [6.07, 6.45) is -1.19. The predicted molar refractivity (Wildman–Crippen MR) is 81.8 cm³/mol. The van der Waals surface area contributed by atoms with Crippen molar-refractivity contribution in [2.75, 3.05) is 6.61 Å². The van der Waals surface area contributed by atoms with Crippen molar-refractivity contribution in [1.82, 2.24) is 9.78 Å². The Labute approximate surface area is 128 Å². The summed E-state index contributed by atoms with van der Waals surface area (Å²) in [5.74, 6) is -0.431. The summed E-state index contributed by atoms with van der Waals surface area (Å²) >= 11 is 0. The van der Waals surface area contributed by atoms with Gasteiger partial charge in [-0.05, 0) is 45.4 Å². The molecule has 0 amide bonds. The maximum atomic E-state index is 13.9. The SMILES string of the molecule is CCOc1ccc(C(O)c2c(C)n(C(C)C)[nH]c2=O)cc1F. The van der Waals surface area contributed by atoms with Gasteiger partial charge in [-0.1, -0.05) is 6.07 Å². The third-order valence-electron chi connectivity index (χ3n) is 3.58. The molecule has 22 heavy (non-hydrogen) atoms. The molecule has 1 atom stereocenters. The fraction of sp³-hybridized carbons (Fsp3) is 0.438. The van der Waals surface area contributed by atoms with E-state index in [0.717, 1.165) is 0 Å². The zero-order chi connectivity index (χ0) is 16.4. The zero-order valence-electron chi connectivity index (χ0n) is 13.2. The van der Waals surface area contributed by atoms with Crippen molar-refractivity contribution in [3.8, 4) is 5.75 Å². The summed E-state index contributed by atoms with van der Waals surface area (Å²) in [4.78, 5) is 12.1. The number of aliphatic hydroxyl groups excluding tert-OH is 1. The first-order chi connectivity index (χ1) is 10.4. The molecule has 0 radical (unpaired) electrons. The molecule has 0 fully saturated rings. The number of nitrogens with one attached hydrogen (secondary N) is 1. The van der Waals surface area contributed by atoms with E-state index < -0.39 is 11.9 Å². The summed E-state index contributed by atoms with van der Waals surface area (Å²) in [6.45, 7) is 7.72. The number of aliphatic hydroxyl groups is 1. The van der Waals surface area contributed by atoms with Crippen molar-refractivity contribution in [1.29, 1.82) is 0 Å². The minimum absolute atomic E-state index is 0.0608. The van der Waals surface area contributed by atoms with Crippen LogP contribution in [-0.2, 0) is 0 Å². The molecule has 0 aliphatic carbocycles. The Bertz CT molecular complexity index is 719. The van der Waals surface area contributed by atoms with Crippen molar-refractivity contribution >= 4 is 0 Å². The molecule has 0 aliphatic rings. The van der Waals surface area contributed by atoms with Crippen LogP contribution in [0.25, 0.3) is 0 Å². The van der Waals surface area contributed by atoms with Gasteiger partial charge in [-0.2, -0.15) is 0 Å². The van der Waals surface area contributed by atoms with E-state index in [4.69, 9.17) is 4.74 Å². The first-order valence-electron chi connectivity index (χ1n) is 7.28. The van der Waals surface area contributed by atoms with Crippen molar-refractivity contribution in [2.24, 2.45) is 0 Å². The van der Waals surface area contributed by atoms with Gasteiger partial charge in [-0.15, -0.1) is 0 Å². The van der Waals surface area contributed by atoms with Gasteiger partial charge in [0, 0.05) is 11.7 Å². The normalized spacial score (nSPS) is 12.7. The average Bonchev–Trinajstić information content (AvgIpc) is 2.76. The smallest absolute Gasteiger partial charge is 0.270 e. The number of nitrogens with zero attached hydrogens (tertiary/aromatic N) is 1. The Hall–Kier alpha value is -2.08. The molecule has 2 N–H and O–H groups in total. The van der Waals surface area contributed by atoms with Crippen LogP contribution in [0.4, 0.5) is 4.39 Å². The third-order valence-corrected chi connectivity index (χ3v) is 3.58. The van der Waals surface area contributed by atoms with E-state index in [-0.39, 0.29) is 22.9 Å². The van der Waals surface area contributed by atoms with Gasteiger partial charge in [0.1, 0.15) is 6.10 Å². The fourth-order valence-corrected chi connectivity index (χ4v) is 2.51.